The van der Waals surface area contributed by atoms with E-state index >= 15 is 0 Å². The molecule has 1 atom stereocenters. The smallest absolute Gasteiger partial charge is 0.0949 e. The summed E-state index contributed by atoms with van der Waals surface area (Å²) in [5, 5.41) is 0. The maximum Gasteiger partial charge on any atom is 0.0949 e. The van der Waals surface area contributed by atoms with Crippen molar-refractivity contribution in [2.24, 2.45) is 13.0 Å². The van der Waals surface area contributed by atoms with E-state index in [1.807, 2.05) is 18.6 Å². The van der Waals surface area contributed by atoms with Crippen molar-refractivity contribution in [3.63, 3.8) is 0 Å². The van der Waals surface area contributed by atoms with Gasteiger partial charge in [-0.2, -0.15) is 0 Å². The SMILES string of the molecule is Cn1cnc2c1[C@H](COCC1CC1)CN(Cc1ccccn1)C2. The normalized spacial score (nSPS) is 21.3. The highest BCUT2D eigenvalue weighted by atomic mass is 16.5. The van der Waals surface area contributed by atoms with Crippen LogP contribution in [0.15, 0.2) is 30.7 Å². The van der Waals surface area contributed by atoms with Crippen LogP contribution in [0.1, 0.15) is 35.8 Å². The third kappa shape index (κ3) is 3.46. The molecule has 2 aromatic rings. The molecule has 4 rings (SSSR count). The van der Waals surface area contributed by atoms with Gasteiger partial charge in [-0.3, -0.25) is 9.88 Å². The maximum atomic E-state index is 5.99. The summed E-state index contributed by atoms with van der Waals surface area (Å²) in [7, 11) is 2.09. The summed E-state index contributed by atoms with van der Waals surface area (Å²) >= 11 is 0. The lowest BCUT2D eigenvalue weighted by Gasteiger charge is -2.32. The Kier molecular flexibility index (Phi) is 4.14. The Morgan fingerprint density at radius 1 is 1.22 bits per heavy atom. The van der Waals surface area contributed by atoms with Crippen LogP contribution in [0.5, 0.6) is 0 Å². The summed E-state index contributed by atoms with van der Waals surface area (Å²) < 4.78 is 8.16. The molecule has 3 heterocycles. The molecule has 1 saturated carbocycles. The number of aryl methyl sites for hydroxylation is 1. The molecule has 5 heteroatoms. The molecule has 2 aromatic heterocycles. The van der Waals surface area contributed by atoms with Crippen LogP contribution >= 0.6 is 0 Å². The molecular formula is C18H24N4O. The van der Waals surface area contributed by atoms with Gasteiger partial charge in [0.2, 0.25) is 0 Å². The molecule has 23 heavy (non-hydrogen) atoms. The van der Waals surface area contributed by atoms with E-state index in [2.05, 4.69) is 38.6 Å². The number of hydrogen-bond donors (Lipinski definition) is 0. The fourth-order valence-corrected chi connectivity index (χ4v) is 3.44. The van der Waals surface area contributed by atoms with Crippen LogP contribution in [0.3, 0.4) is 0 Å². The lowest BCUT2D eigenvalue weighted by atomic mass is 9.98. The van der Waals surface area contributed by atoms with Crippen molar-refractivity contribution in [3.05, 3.63) is 47.8 Å². The summed E-state index contributed by atoms with van der Waals surface area (Å²) in [4.78, 5) is 11.5. The first-order chi connectivity index (χ1) is 11.3. The van der Waals surface area contributed by atoms with Crippen LogP contribution in [0.2, 0.25) is 0 Å². The van der Waals surface area contributed by atoms with Gasteiger partial charge in [-0.05, 0) is 30.9 Å². The Labute approximate surface area is 137 Å². The van der Waals surface area contributed by atoms with Crippen LogP contribution in [0.4, 0.5) is 0 Å². The third-order valence-corrected chi connectivity index (χ3v) is 4.78. The van der Waals surface area contributed by atoms with E-state index in [-0.39, 0.29) is 0 Å². The summed E-state index contributed by atoms with van der Waals surface area (Å²) in [5.41, 5.74) is 3.65. The monoisotopic (exact) mass is 312 g/mol. The Morgan fingerprint density at radius 2 is 2.13 bits per heavy atom. The average Bonchev–Trinajstić information content (AvgIpc) is 3.31. The molecule has 2 aliphatic rings. The van der Waals surface area contributed by atoms with Crippen molar-refractivity contribution in [1.82, 2.24) is 19.4 Å². The van der Waals surface area contributed by atoms with Crippen molar-refractivity contribution in [2.75, 3.05) is 19.8 Å². The summed E-state index contributed by atoms with van der Waals surface area (Å²) in [6.07, 6.45) is 6.48. The average molecular weight is 312 g/mol. The molecule has 0 radical (unpaired) electrons. The number of rotatable bonds is 6. The number of hydrogen-bond acceptors (Lipinski definition) is 4. The maximum absolute atomic E-state index is 5.99. The molecule has 0 saturated heterocycles. The Morgan fingerprint density at radius 3 is 2.91 bits per heavy atom. The van der Waals surface area contributed by atoms with Crippen molar-refractivity contribution in [2.45, 2.75) is 31.8 Å². The zero-order valence-electron chi connectivity index (χ0n) is 13.7. The highest BCUT2D eigenvalue weighted by Gasteiger charge is 2.30. The second kappa shape index (κ2) is 6.42. The highest BCUT2D eigenvalue weighted by molar-refractivity contribution is 5.22. The Hall–Kier alpha value is -1.72. The Balaban J connectivity index is 1.46. The van der Waals surface area contributed by atoms with Crippen LogP contribution in [-0.2, 0) is 24.9 Å². The fraction of sp³-hybridized carbons (Fsp3) is 0.556. The second-order valence-corrected chi connectivity index (χ2v) is 6.86. The molecule has 0 spiro atoms. The van der Waals surface area contributed by atoms with E-state index in [4.69, 9.17) is 4.74 Å². The molecule has 122 valence electrons. The Bertz CT molecular complexity index is 650. The van der Waals surface area contributed by atoms with E-state index in [1.165, 1.54) is 24.2 Å². The molecule has 1 aliphatic heterocycles. The summed E-state index contributed by atoms with van der Waals surface area (Å²) in [5.74, 6) is 1.21. The molecule has 0 amide bonds. The van der Waals surface area contributed by atoms with Crippen LogP contribution < -0.4 is 0 Å². The number of ether oxygens (including phenoxy) is 1. The van der Waals surface area contributed by atoms with E-state index in [1.54, 1.807) is 0 Å². The van der Waals surface area contributed by atoms with Gasteiger partial charge < -0.3 is 9.30 Å². The van der Waals surface area contributed by atoms with E-state index in [0.29, 0.717) is 5.92 Å². The lowest BCUT2D eigenvalue weighted by Crippen LogP contribution is -2.36. The van der Waals surface area contributed by atoms with Gasteiger partial charge in [0.25, 0.3) is 0 Å². The zero-order chi connectivity index (χ0) is 15.6. The molecular weight excluding hydrogens is 288 g/mol. The third-order valence-electron chi connectivity index (χ3n) is 4.78. The van der Waals surface area contributed by atoms with E-state index in [9.17, 15) is 0 Å². The topological polar surface area (TPSA) is 43.2 Å². The molecule has 1 aliphatic carbocycles. The molecule has 0 unspecified atom stereocenters. The van der Waals surface area contributed by atoms with Crippen molar-refractivity contribution in [1.29, 1.82) is 0 Å². The van der Waals surface area contributed by atoms with Gasteiger partial charge in [-0.1, -0.05) is 6.07 Å². The fourth-order valence-electron chi connectivity index (χ4n) is 3.44. The van der Waals surface area contributed by atoms with Gasteiger partial charge in [0.05, 0.1) is 24.3 Å². The van der Waals surface area contributed by atoms with Crippen LogP contribution in [0, 0.1) is 5.92 Å². The van der Waals surface area contributed by atoms with Crippen molar-refractivity contribution in [3.8, 4) is 0 Å². The molecule has 0 aromatic carbocycles. The lowest BCUT2D eigenvalue weighted by molar-refractivity contribution is 0.0865. The standard InChI is InChI=1S/C18H24N4O/c1-21-13-20-17-10-22(9-16-4-2-3-7-19-16)8-15(18(17)21)12-23-11-14-5-6-14/h2-4,7,13-15H,5-6,8-12H2,1H3/t15-/m0/s1. The first-order valence-electron chi connectivity index (χ1n) is 8.49. The minimum Gasteiger partial charge on any atom is -0.380 e. The first kappa shape index (κ1) is 14.8. The van der Waals surface area contributed by atoms with Crippen molar-refractivity contribution >= 4 is 0 Å². The van der Waals surface area contributed by atoms with Crippen molar-refractivity contribution < 1.29 is 4.74 Å². The summed E-state index contributed by atoms with van der Waals surface area (Å²) in [6.45, 7) is 4.49. The quantitative estimate of drug-likeness (QED) is 0.821. The van der Waals surface area contributed by atoms with E-state index < -0.39 is 0 Å². The van der Waals surface area contributed by atoms with E-state index in [0.717, 1.165) is 44.5 Å². The minimum absolute atomic E-state index is 0.397. The van der Waals surface area contributed by atoms with Gasteiger partial charge in [-0.15, -0.1) is 0 Å². The van der Waals surface area contributed by atoms with Crippen LogP contribution in [-0.4, -0.2) is 39.2 Å². The van der Waals surface area contributed by atoms with Crippen LogP contribution in [0.25, 0.3) is 0 Å². The number of nitrogens with zero attached hydrogens (tertiary/aromatic N) is 4. The summed E-state index contributed by atoms with van der Waals surface area (Å²) in [6, 6.07) is 6.10. The van der Waals surface area contributed by atoms with Gasteiger partial charge in [0.1, 0.15) is 0 Å². The molecule has 1 fully saturated rings. The number of fused-ring (bicyclic) bond motifs is 1. The predicted octanol–water partition coefficient (Wildman–Crippen LogP) is 2.34. The van der Waals surface area contributed by atoms with Gasteiger partial charge in [0, 0.05) is 51.1 Å². The van der Waals surface area contributed by atoms with Gasteiger partial charge >= 0.3 is 0 Å². The zero-order valence-corrected chi connectivity index (χ0v) is 13.7. The highest BCUT2D eigenvalue weighted by Crippen LogP contribution is 2.31. The predicted molar refractivity (Wildman–Crippen MR) is 87.8 cm³/mol. The second-order valence-electron chi connectivity index (χ2n) is 6.86. The first-order valence-corrected chi connectivity index (χ1v) is 8.49. The molecule has 5 nitrogen and oxygen atoms in total. The largest absolute Gasteiger partial charge is 0.380 e. The number of pyridine rings is 1. The number of imidazole rings is 1. The molecule has 0 N–H and O–H groups in total. The number of aromatic nitrogens is 3. The van der Waals surface area contributed by atoms with Gasteiger partial charge in [-0.25, -0.2) is 4.98 Å². The minimum atomic E-state index is 0.397. The molecule has 0 bridgehead atoms. The van der Waals surface area contributed by atoms with Gasteiger partial charge in [0.15, 0.2) is 0 Å².